The highest BCUT2D eigenvalue weighted by Crippen LogP contribution is 2.39. The average molecular weight is 615 g/mol. The number of anilines is 2. The maximum atomic E-state index is 13.8. The Morgan fingerprint density at radius 2 is 2.05 bits per heavy atom. The Morgan fingerprint density at radius 1 is 1.24 bits per heavy atom. The van der Waals surface area contributed by atoms with Crippen molar-refractivity contribution in [2.75, 3.05) is 36.5 Å². The Kier molecular flexibility index (Phi) is 8.26. The summed E-state index contributed by atoms with van der Waals surface area (Å²) in [6.07, 6.45) is 5.59. The summed E-state index contributed by atoms with van der Waals surface area (Å²) in [5, 5.41) is 13.7. The maximum Gasteiger partial charge on any atom is 0.333 e. The molecule has 14 heteroatoms. The second-order valence-corrected chi connectivity index (χ2v) is 13.6. The lowest BCUT2D eigenvalue weighted by atomic mass is 9.97. The topological polar surface area (TPSA) is 167 Å². The number of fused-ring (bicyclic) bond motifs is 1. The molecule has 1 saturated carbocycles. The predicted octanol–water partition coefficient (Wildman–Crippen LogP) is 2.68. The van der Waals surface area contributed by atoms with E-state index in [1.54, 1.807) is 0 Å². The number of hydrogen-bond acceptors (Lipinski definition) is 11. The number of pyridine rings is 1. The SMILES string of the molecule is Cc1sc(C(=O)c2cncnc2N[C@@H]2C[C@H](CNS(=O)(=O)O)[C@@H](O)C2)cc1[C@H]1OCCc2ccc(N3CCCC3)nc21. The zero-order valence-corrected chi connectivity index (χ0v) is 24.8. The molecule has 0 unspecified atom stereocenters. The van der Waals surface area contributed by atoms with Crippen LogP contribution in [0.2, 0.25) is 0 Å². The number of nitrogens with zero attached hydrogens (tertiary/aromatic N) is 4. The van der Waals surface area contributed by atoms with Gasteiger partial charge in [-0.1, -0.05) is 6.07 Å². The normalized spacial score (nSPS) is 24.1. The fourth-order valence-electron chi connectivity index (χ4n) is 6.11. The minimum atomic E-state index is -4.35. The number of carbonyl (C=O) groups is 1. The van der Waals surface area contributed by atoms with Gasteiger partial charge in [0.1, 0.15) is 24.1 Å². The van der Waals surface area contributed by atoms with E-state index in [4.69, 9.17) is 14.3 Å². The van der Waals surface area contributed by atoms with Gasteiger partial charge in [-0.05, 0) is 56.7 Å². The Morgan fingerprint density at radius 3 is 2.83 bits per heavy atom. The highest BCUT2D eigenvalue weighted by molar-refractivity contribution is 7.83. The van der Waals surface area contributed by atoms with Crippen LogP contribution in [-0.4, -0.2) is 77.2 Å². The van der Waals surface area contributed by atoms with Crippen LogP contribution in [0, 0.1) is 12.8 Å². The number of aryl methyl sites for hydroxylation is 1. The zero-order chi connectivity index (χ0) is 29.4. The van der Waals surface area contributed by atoms with E-state index in [-0.39, 0.29) is 24.5 Å². The van der Waals surface area contributed by atoms with Gasteiger partial charge in [0, 0.05) is 48.2 Å². The molecule has 42 heavy (non-hydrogen) atoms. The molecule has 0 aromatic carbocycles. The zero-order valence-electron chi connectivity index (χ0n) is 23.2. The van der Waals surface area contributed by atoms with E-state index in [2.05, 4.69) is 32.3 Å². The van der Waals surface area contributed by atoms with Crippen molar-refractivity contribution >= 4 is 39.1 Å². The molecule has 4 atom stereocenters. The highest BCUT2D eigenvalue weighted by atomic mass is 32.2. The van der Waals surface area contributed by atoms with E-state index in [0.29, 0.717) is 35.7 Å². The summed E-state index contributed by atoms with van der Waals surface area (Å²) in [6, 6.07) is 5.89. The number of ether oxygens (including phenoxy) is 1. The standard InChI is InChI=1S/C28H34N6O6S2/c1-16-20(27-25-17(6-9-40-27)4-5-24(33-25)34-7-2-3-8-34)12-23(41-16)26(36)21-14-29-15-30-28(21)32-19-10-18(22(35)11-19)13-31-42(37,38)39/h4-5,12,14-15,18-19,22,27,31,35H,2-3,6-11,13H2,1H3,(H,29,30,32)(H,37,38,39)/t18-,19-,22+,27-/m1/s1. The van der Waals surface area contributed by atoms with Crippen molar-refractivity contribution in [2.24, 2.45) is 5.92 Å². The summed E-state index contributed by atoms with van der Waals surface area (Å²) in [4.78, 5) is 31.0. The van der Waals surface area contributed by atoms with Crippen molar-refractivity contribution in [3.05, 3.63) is 62.9 Å². The Hall–Kier alpha value is -3.01. The molecule has 0 bridgehead atoms. The van der Waals surface area contributed by atoms with E-state index in [9.17, 15) is 18.3 Å². The molecule has 0 amide bonds. The molecule has 4 N–H and O–H groups in total. The fourth-order valence-corrected chi connectivity index (χ4v) is 7.54. The Balaban J connectivity index is 1.21. The molecule has 3 aromatic rings. The van der Waals surface area contributed by atoms with Crippen LogP contribution in [0.4, 0.5) is 11.6 Å². The molecule has 0 radical (unpaired) electrons. The first-order chi connectivity index (χ1) is 20.2. The van der Waals surface area contributed by atoms with Crippen LogP contribution in [0.15, 0.2) is 30.7 Å². The number of aliphatic hydroxyl groups excluding tert-OH is 1. The molecule has 1 aliphatic carbocycles. The molecule has 2 aliphatic heterocycles. The van der Waals surface area contributed by atoms with E-state index in [1.165, 1.54) is 42.3 Å². The van der Waals surface area contributed by atoms with Gasteiger partial charge in [-0.3, -0.25) is 9.35 Å². The first-order valence-electron chi connectivity index (χ1n) is 14.1. The van der Waals surface area contributed by atoms with Gasteiger partial charge in [-0.2, -0.15) is 13.1 Å². The number of nitrogens with one attached hydrogen (secondary N) is 2. The summed E-state index contributed by atoms with van der Waals surface area (Å²) in [7, 11) is -4.35. The number of aromatic nitrogens is 3. The summed E-state index contributed by atoms with van der Waals surface area (Å²) in [5.41, 5.74) is 3.31. The summed E-state index contributed by atoms with van der Waals surface area (Å²) >= 11 is 1.40. The Bertz CT molecular complexity index is 1570. The largest absolute Gasteiger partial charge is 0.393 e. The van der Waals surface area contributed by atoms with Gasteiger partial charge in [-0.25, -0.2) is 15.0 Å². The molecule has 1 saturated heterocycles. The van der Waals surface area contributed by atoms with Crippen molar-refractivity contribution in [2.45, 2.75) is 57.3 Å². The van der Waals surface area contributed by atoms with Crippen molar-refractivity contribution in [1.29, 1.82) is 0 Å². The van der Waals surface area contributed by atoms with Crippen LogP contribution >= 0.6 is 11.3 Å². The molecule has 3 aliphatic rings. The average Bonchev–Trinajstić information content (AvgIpc) is 3.71. The maximum absolute atomic E-state index is 13.8. The van der Waals surface area contributed by atoms with Gasteiger partial charge in [0.25, 0.3) is 0 Å². The fraction of sp³-hybridized carbons (Fsp3) is 0.500. The van der Waals surface area contributed by atoms with Gasteiger partial charge in [0.15, 0.2) is 0 Å². The van der Waals surface area contributed by atoms with Gasteiger partial charge < -0.3 is 20.1 Å². The smallest absolute Gasteiger partial charge is 0.333 e. The van der Waals surface area contributed by atoms with Crippen molar-refractivity contribution in [3.8, 4) is 0 Å². The second kappa shape index (κ2) is 11.9. The lowest BCUT2D eigenvalue weighted by Crippen LogP contribution is -2.32. The van der Waals surface area contributed by atoms with Gasteiger partial charge >= 0.3 is 10.3 Å². The summed E-state index contributed by atoms with van der Waals surface area (Å²) in [5.74, 6) is 0.691. The van der Waals surface area contributed by atoms with Crippen molar-refractivity contribution in [1.82, 2.24) is 19.7 Å². The van der Waals surface area contributed by atoms with E-state index in [1.807, 2.05) is 17.7 Å². The van der Waals surface area contributed by atoms with Crippen LogP contribution in [0.3, 0.4) is 0 Å². The molecule has 12 nitrogen and oxygen atoms in total. The minimum absolute atomic E-state index is 0.0915. The molecule has 0 spiro atoms. The third-order valence-corrected chi connectivity index (χ3v) is 9.87. The van der Waals surface area contributed by atoms with E-state index >= 15 is 0 Å². The van der Waals surface area contributed by atoms with Crippen LogP contribution < -0.4 is 14.9 Å². The van der Waals surface area contributed by atoms with Crippen molar-refractivity contribution < 1.29 is 27.6 Å². The number of ketones is 1. The molecule has 6 rings (SSSR count). The molecule has 224 valence electrons. The first kappa shape index (κ1) is 29.1. The minimum Gasteiger partial charge on any atom is -0.393 e. The molecular weight excluding hydrogens is 580 g/mol. The van der Waals surface area contributed by atoms with Gasteiger partial charge in [-0.15, -0.1) is 11.3 Å². The first-order valence-corrected chi connectivity index (χ1v) is 16.4. The number of rotatable bonds is 9. The highest BCUT2D eigenvalue weighted by Gasteiger charge is 2.35. The molecule has 5 heterocycles. The van der Waals surface area contributed by atoms with Gasteiger partial charge in [0.05, 0.1) is 28.8 Å². The second-order valence-electron chi connectivity index (χ2n) is 11.1. The molecule has 2 fully saturated rings. The van der Waals surface area contributed by atoms with Gasteiger partial charge in [0.2, 0.25) is 5.78 Å². The number of hydrogen-bond donors (Lipinski definition) is 4. The van der Waals surface area contributed by atoms with Crippen LogP contribution in [0.5, 0.6) is 0 Å². The summed E-state index contributed by atoms with van der Waals surface area (Å²) in [6.45, 7) is 4.48. The van der Waals surface area contributed by atoms with Crippen molar-refractivity contribution in [3.63, 3.8) is 0 Å². The monoisotopic (exact) mass is 614 g/mol. The van der Waals surface area contributed by atoms with E-state index < -0.39 is 22.3 Å². The third-order valence-electron chi connectivity index (χ3n) is 8.28. The van der Waals surface area contributed by atoms with E-state index in [0.717, 1.165) is 41.5 Å². The molecule has 3 aromatic heterocycles. The number of aliphatic hydroxyl groups is 1. The third kappa shape index (κ3) is 6.19. The number of thiophene rings is 1. The number of carbonyl (C=O) groups excluding carboxylic acids is 1. The lowest BCUT2D eigenvalue weighted by molar-refractivity contribution is 0.0664. The molecular formula is C28H34N6O6S2. The van der Waals surface area contributed by atoms with Crippen LogP contribution in [-0.2, 0) is 21.5 Å². The van der Waals surface area contributed by atoms with Crippen LogP contribution in [0.25, 0.3) is 0 Å². The lowest BCUT2D eigenvalue weighted by Gasteiger charge is -2.27. The Labute approximate surface area is 248 Å². The summed E-state index contributed by atoms with van der Waals surface area (Å²) < 4.78 is 39.4. The quantitative estimate of drug-likeness (QED) is 0.207. The van der Waals surface area contributed by atoms with Crippen LogP contribution in [0.1, 0.15) is 68.7 Å². The predicted molar refractivity (Wildman–Crippen MR) is 157 cm³/mol.